The van der Waals surface area contributed by atoms with Gasteiger partial charge in [-0.2, -0.15) is 0 Å². The second-order valence-corrected chi connectivity index (χ2v) is 13.4. The molecule has 262 valence electrons. The molecule has 2 aromatic carbocycles. The number of nitrogens with one attached hydrogen (secondary N) is 3. The van der Waals surface area contributed by atoms with Gasteiger partial charge in [0.15, 0.2) is 0 Å². The van der Waals surface area contributed by atoms with Crippen molar-refractivity contribution in [3.63, 3.8) is 0 Å². The lowest BCUT2D eigenvalue weighted by Crippen LogP contribution is -2.35. The van der Waals surface area contributed by atoms with Gasteiger partial charge in [-0.1, -0.05) is 59.6 Å². The number of hydrogen-bond donors (Lipinski definition) is 4. The number of aromatic nitrogens is 4. The summed E-state index contributed by atoms with van der Waals surface area (Å²) >= 11 is 14.1. The first kappa shape index (κ1) is 35.5. The van der Waals surface area contributed by atoms with Gasteiger partial charge in [-0.15, -0.1) is 0 Å². The van der Waals surface area contributed by atoms with E-state index in [-0.39, 0.29) is 23.9 Å². The fourth-order valence-corrected chi connectivity index (χ4v) is 7.31. The molecule has 12 nitrogen and oxygen atoms in total. The maximum Gasteiger partial charge on any atom is 0.237 e. The van der Waals surface area contributed by atoms with Gasteiger partial charge in [0.1, 0.15) is 11.4 Å². The number of benzene rings is 2. The van der Waals surface area contributed by atoms with E-state index in [0.717, 1.165) is 25.7 Å². The van der Waals surface area contributed by atoms with Crippen LogP contribution in [0.5, 0.6) is 11.8 Å². The van der Waals surface area contributed by atoms with Crippen molar-refractivity contribution < 1.29 is 19.1 Å². The molecule has 0 spiro atoms. The van der Waals surface area contributed by atoms with E-state index < -0.39 is 0 Å². The number of carbonyl (C=O) groups is 2. The molecule has 2 aromatic heterocycles. The van der Waals surface area contributed by atoms with Crippen LogP contribution in [-0.2, 0) is 22.7 Å². The number of ether oxygens (including phenoxy) is 2. The highest BCUT2D eigenvalue weighted by Gasteiger charge is 2.26. The van der Waals surface area contributed by atoms with E-state index >= 15 is 0 Å². The van der Waals surface area contributed by atoms with E-state index in [1.165, 1.54) is 0 Å². The van der Waals surface area contributed by atoms with Crippen LogP contribution < -0.4 is 31.2 Å². The van der Waals surface area contributed by atoms with Crippen molar-refractivity contribution in [1.82, 2.24) is 35.9 Å². The average molecular weight is 720 g/mol. The van der Waals surface area contributed by atoms with Crippen molar-refractivity contribution in [2.75, 3.05) is 20.8 Å². The summed E-state index contributed by atoms with van der Waals surface area (Å²) < 4.78 is 11.2. The number of methoxy groups -OCH3 is 2. The first-order valence-electron chi connectivity index (χ1n) is 16.6. The fraction of sp³-hybridized carbons (Fsp3) is 0.389. The molecule has 0 radical (unpaired) electrons. The van der Waals surface area contributed by atoms with Gasteiger partial charge in [0, 0.05) is 66.8 Å². The molecule has 1 aliphatic heterocycles. The summed E-state index contributed by atoms with van der Waals surface area (Å²) in [6, 6.07) is 11.7. The first-order chi connectivity index (χ1) is 24.2. The molecule has 1 saturated carbocycles. The number of nitrogens with zero attached hydrogens (tertiary/aromatic N) is 4. The Labute approximate surface area is 300 Å². The molecule has 0 bridgehead atoms. The van der Waals surface area contributed by atoms with Gasteiger partial charge < -0.3 is 31.2 Å². The number of nitrogens with two attached hydrogens (primary N) is 1. The number of primary amides is 1. The zero-order valence-corrected chi connectivity index (χ0v) is 29.5. The number of rotatable bonds is 14. The molecule has 2 amide bonds. The third kappa shape index (κ3) is 8.15. The van der Waals surface area contributed by atoms with Crippen LogP contribution >= 0.6 is 23.2 Å². The van der Waals surface area contributed by atoms with Crippen LogP contribution in [0.25, 0.3) is 33.6 Å². The number of amides is 2. The molecule has 0 unspecified atom stereocenters. The second kappa shape index (κ2) is 16.1. The highest BCUT2D eigenvalue weighted by atomic mass is 35.5. The molecular formula is C36H40Cl2N8O4. The second-order valence-electron chi connectivity index (χ2n) is 12.6. The zero-order chi connectivity index (χ0) is 35.2. The molecule has 2 aliphatic rings. The normalized spacial score (nSPS) is 18.6. The Kier molecular flexibility index (Phi) is 11.4. The van der Waals surface area contributed by atoms with Gasteiger partial charge in [-0.25, -0.2) is 9.97 Å². The molecule has 14 heteroatoms. The van der Waals surface area contributed by atoms with Crippen LogP contribution in [0, 0.1) is 5.92 Å². The monoisotopic (exact) mass is 718 g/mol. The van der Waals surface area contributed by atoms with Gasteiger partial charge in [0.2, 0.25) is 23.6 Å². The predicted molar refractivity (Wildman–Crippen MR) is 192 cm³/mol. The van der Waals surface area contributed by atoms with Crippen LogP contribution in [0.1, 0.15) is 49.9 Å². The van der Waals surface area contributed by atoms with E-state index in [0.29, 0.717) is 105 Å². The van der Waals surface area contributed by atoms with Crippen LogP contribution in [0.2, 0.25) is 10.0 Å². The van der Waals surface area contributed by atoms with Gasteiger partial charge in [-0.3, -0.25) is 19.6 Å². The quantitative estimate of drug-likeness (QED) is 0.138. The molecule has 50 heavy (non-hydrogen) atoms. The van der Waals surface area contributed by atoms with E-state index in [2.05, 4.69) is 25.9 Å². The van der Waals surface area contributed by atoms with Crippen molar-refractivity contribution >= 4 is 35.0 Å². The van der Waals surface area contributed by atoms with Crippen molar-refractivity contribution in [3.8, 4) is 45.4 Å². The SMILES string of the molecule is COc1nc(-c2cccc(-c3cccc(-c4cnc(CN[C@@H]5CC[C@H](CC(N)=O)C5)c(OC)n4)c3Cl)c2Cl)cnc1CNC[C@@H]1CCC(=O)N1. The molecule has 1 aliphatic carbocycles. The number of hydrogen-bond acceptors (Lipinski definition) is 10. The van der Waals surface area contributed by atoms with Crippen LogP contribution in [0.4, 0.5) is 0 Å². The van der Waals surface area contributed by atoms with Crippen molar-refractivity contribution in [2.24, 2.45) is 11.7 Å². The predicted octanol–water partition coefficient (Wildman–Crippen LogP) is 5.09. The van der Waals surface area contributed by atoms with Crippen molar-refractivity contribution in [3.05, 3.63) is 70.2 Å². The summed E-state index contributed by atoms with van der Waals surface area (Å²) in [6.07, 6.45) is 7.99. The Hall–Kier alpha value is -4.36. The minimum Gasteiger partial charge on any atom is -0.480 e. The van der Waals surface area contributed by atoms with Crippen molar-refractivity contribution in [2.45, 2.75) is 63.7 Å². The maximum absolute atomic E-state index is 11.5. The molecule has 5 N–H and O–H groups in total. The third-order valence-corrected chi connectivity index (χ3v) is 10.0. The van der Waals surface area contributed by atoms with E-state index in [4.69, 9.17) is 48.4 Å². The molecule has 1 saturated heterocycles. The van der Waals surface area contributed by atoms with Crippen LogP contribution in [0.15, 0.2) is 48.8 Å². The molecule has 4 aromatic rings. The Morgan fingerprint density at radius 2 is 1.46 bits per heavy atom. The molecule has 6 rings (SSSR count). The average Bonchev–Trinajstić information content (AvgIpc) is 3.75. The topological polar surface area (TPSA) is 166 Å². The van der Waals surface area contributed by atoms with Crippen molar-refractivity contribution in [1.29, 1.82) is 0 Å². The Balaban J connectivity index is 1.19. The third-order valence-electron chi connectivity index (χ3n) is 9.21. The number of halogens is 2. The minimum absolute atomic E-state index is 0.0796. The summed E-state index contributed by atoms with van der Waals surface area (Å²) in [5, 5.41) is 10.7. The van der Waals surface area contributed by atoms with Crippen LogP contribution in [-0.4, -0.2) is 64.6 Å². The lowest BCUT2D eigenvalue weighted by atomic mass is 9.98. The highest BCUT2D eigenvalue weighted by molar-refractivity contribution is 6.39. The van der Waals surface area contributed by atoms with E-state index in [1.807, 2.05) is 36.4 Å². The molecular weight excluding hydrogens is 679 g/mol. The summed E-state index contributed by atoms with van der Waals surface area (Å²) in [5.74, 6) is 0.923. The highest BCUT2D eigenvalue weighted by Crippen LogP contribution is 2.42. The lowest BCUT2D eigenvalue weighted by Gasteiger charge is -2.16. The van der Waals surface area contributed by atoms with Gasteiger partial charge in [0.05, 0.1) is 48.0 Å². The molecule has 2 fully saturated rings. The van der Waals surface area contributed by atoms with Gasteiger partial charge in [-0.05, 0) is 31.6 Å². The van der Waals surface area contributed by atoms with E-state index in [9.17, 15) is 9.59 Å². The standard InChI is InChI=1S/C36H40Cl2N8O4/c1-49-35-29(16-40-15-22-11-12-32(48)44-22)42-17-27(45-35)25-7-3-5-23(33(25)37)24-6-4-8-26(34(24)38)28-18-43-30(36(46-28)50-2)19-41-21-10-9-20(13-21)14-31(39)47/h3-8,17-18,20-22,40-41H,9-16,19H2,1-2H3,(H2,39,47)(H,44,48)/t20-,21+,22-/m0/s1. The Morgan fingerprint density at radius 1 is 0.880 bits per heavy atom. The molecule has 3 atom stereocenters. The van der Waals surface area contributed by atoms with E-state index in [1.54, 1.807) is 26.6 Å². The Morgan fingerprint density at radius 3 is 2.00 bits per heavy atom. The summed E-state index contributed by atoms with van der Waals surface area (Å²) in [6.45, 7) is 1.54. The Bertz CT molecular complexity index is 1880. The van der Waals surface area contributed by atoms with Gasteiger partial charge in [0.25, 0.3) is 0 Å². The van der Waals surface area contributed by atoms with Gasteiger partial charge >= 0.3 is 0 Å². The fourth-order valence-electron chi connectivity index (χ4n) is 6.67. The lowest BCUT2D eigenvalue weighted by molar-refractivity contribution is -0.120. The smallest absolute Gasteiger partial charge is 0.237 e. The maximum atomic E-state index is 11.5. The largest absolute Gasteiger partial charge is 0.480 e. The zero-order valence-electron chi connectivity index (χ0n) is 28.0. The summed E-state index contributed by atoms with van der Waals surface area (Å²) in [5.41, 5.74) is 10.6. The summed E-state index contributed by atoms with van der Waals surface area (Å²) in [7, 11) is 3.12. The van der Waals surface area contributed by atoms with Crippen LogP contribution in [0.3, 0.4) is 0 Å². The summed E-state index contributed by atoms with van der Waals surface area (Å²) in [4.78, 5) is 41.6. The first-order valence-corrected chi connectivity index (χ1v) is 17.4. The minimum atomic E-state index is -0.255. The molecule has 3 heterocycles. The number of carbonyl (C=O) groups excluding carboxylic acids is 2.